The van der Waals surface area contributed by atoms with Crippen LogP contribution in [0.2, 0.25) is 5.02 Å². The second-order valence-electron chi connectivity index (χ2n) is 5.59. The van der Waals surface area contributed by atoms with Crippen molar-refractivity contribution in [1.82, 2.24) is 9.55 Å². The number of amides is 1. The number of nitrogens with one attached hydrogen (secondary N) is 1. The van der Waals surface area contributed by atoms with E-state index in [2.05, 4.69) is 10.3 Å². The van der Waals surface area contributed by atoms with Crippen molar-refractivity contribution < 1.29 is 9.59 Å². The van der Waals surface area contributed by atoms with E-state index in [1.807, 2.05) is 0 Å². The van der Waals surface area contributed by atoms with E-state index in [0.29, 0.717) is 26.5 Å². The van der Waals surface area contributed by atoms with Gasteiger partial charge in [0.25, 0.3) is 5.91 Å². The first-order valence-corrected chi connectivity index (χ1v) is 8.56. The summed E-state index contributed by atoms with van der Waals surface area (Å²) >= 11 is 7.05. The number of pyridine rings is 1. The molecule has 0 radical (unpaired) electrons. The Balaban J connectivity index is 2.03. The molecule has 8 heteroatoms. The molecular formula is C17H14ClN3O3S. The zero-order valence-electron chi connectivity index (χ0n) is 13.7. The molecule has 0 unspecified atom stereocenters. The monoisotopic (exact) mass is 375 g/mol. The number of thiazole rings is 1. The number of anilines is 1. The van der Waals surface area contributed by atoms with Crippen LogP contribution in [-0.4, -0.2) is 21.2 Å². The highest BCUT2D eigenvalue weighted by Gasteiger charge is 2.18. The summed E-state index contributed by atoms with van der Waals surface area (Å²) in [7, 11) is 1.74. The first-order chi connectivity index (χ1) is 11.8. The van der Waals surface area contributed by atoms with Crippen LogP contribution in [0.5, 0.6) is 0 Å². The van der Waals surface area contributed by atoms with Crippen LogP contribution < -0.4 is 10.7 Å². The fraction of sp³-hybridized carbons (Fsp3) is 0.176. The van der Waals surface area contributed by atoms with Gasteiger partial charge in [0.05, 0.1) is 16.1 Å². The van der Waals surface area contributed by atoms with Gasteiger partial charge >= 0.3 is 0 Å². The lowest BCUT2D eigenvalue weighted by molar-refractivity contribution is 0.101. The van der Waals surface area contributed by atoms with Crippen molar-refractivity contribution in [2.45, 2.75) is 13.8 Å². The number of benzene rings is 1. The van der Waals surface area contributed by atoms with Gasteiger partial charge in [0.2, 0.25) is 5.43 Å². The van der Waals surface area contributed by atoms with Crippen LogP contribution in [0.4, 0.5) is 5.13 Å². The maximum Gasteiger partial charge on any atom is 0.262 e. The van der Waals surface area contributed by atoms with Crippen LogP contribution >= 0.6 is 22.9 Å². The summed E-state index contributed by atoms with van der Waals surface area (Å²) in [4.78, 5) is 41.3. The predicted octanol–water partition coefficient (Wildman–Crippen LogP) is 3.41. The highest BCUT2D eigenvalue weighted by molar-refractivity contribution is 7.17. The number of carbonyl (C=O) groups excluding carboxylic acids is 2. The summed E-state index contributed by atoms with van der Waals surface area (Å²) in [5.74, 6) is -0.696. The molecule has 0 saturated carbocycles. The Morgan fingerprint density at radius 2 is 2.04 bits per heavy atom. The van der Waals surface area contributed by atoms with Crippen LogP contribution in [0.3, 0.4) is 0 Å². The zero-order valence-corrected chi connectivity index (χ0v) is 15.3. The van der Waals surface area contributed by atoms with E-state index in [1.165, 1.54) is 19.2 Å². The molecule has 0 bridgehead atoms. The minimum Gasteiger partial charge on any atom is -0.350 e. The molecule has 0 atom stereocenters. The Bertz CT molecular complexity index is 1080. The zero-order chi connectivity index (χ0) is 18.3. The maximum atomic E-state index is 12.6. The van der Waals surface area contributed by atoms with Gasteiger partial charge in [-0.2, -0.15) is 0 Å². The van der Waals surface area contributed by atoms with Gasteiger partial charge in [-0.25, -0.2) is 4.98 Å². The van der Waals surface area contributed by atoms with E-state index in [0.717, 1.165) is 11.3 Å². The van der Waals surface area contributed by atoms with Crippen molar-refractivity contribution in [1.29, 1.82) is 0 Å². The summed E-state index contributed by atoms with van der Waals surface area (Å²) in [6.45, 7) is 3.13. The number of aryl methyl sites for hydroxylation is 2. The lowest BCUT2D eigenvalue weighted by Crippen LogP contribution is -2.23. The molecule has 0 spiro atoms. The van der Waals surface area contributed by atoms with Crippen LogP contribution in [0.25, 0.3) is 10.9 Å². The number of halogens is 1. The molecule has 0 aliphatic heterocycles. The second kappa shape index (κ2) is 6.42. The smallest absolute Gasteiger partial charge is 0.262 e. The molecule has 2 heterocycles. The number of nitrogens with zero attached hydrogens (tertiary/aromatic N) is 2. The molecule has 1 amide bonds. The van der Waals surface area contributed by atoms with E-state index < -0.39 is 11.3 Å². The van der Waals surface area contributed by atoms with Crippen molar-refractivity contribution in [3.05, 3.63) is 55.8 Å². The number of ketones is 1. The Kier molecular flexibility index (Phi) is 4.45. The minimum absolute atomic E-state index is 0.0190. The summed E-state index contributed by atoms with van der Waals surface area (Å²) in [5, 5.41) is 3.65. The summed E-state index contributed by atoms with van der Waals surface area (Å²) in [5.41, 5.74) is 0.795. The predicted molar refractivity (Wildman–Crippen MR) is 99.0 cm³/mol. The SMILES string of the molecule is CC(=O)c1sc(NC(=O)c2cn(C)c3ccc(Cl)cc3c2=O)nc1C. The Hall–Kier alpha value is -2.51. The average Bonchev–Trinajstić information content (AvgIpc) is 2.91. The normalized spacial score (nSPS) is 10.9. The first kappa shape index (κ1) is 17.3. The van der Waals surface area contributed by atoms with Gasteiger partial charge in [-0.3, -0.25) is 19.7 Å². The maximum absolute atomic E-state index is 12.6. The summed E-state index contributed by atoms with van der Waals surface area (Å²) in [6.07, 6.45) is 1.47. The van der Waals surface area contributed by atoms with Gasteiger partial charge in [-0.05, 0) is 25.1 Å². The lowest BCUT2D eigenvalue weighted by Gasteiger charge is -2.09. The number of rotatable bonds is 3. The van der Waals surface area contributed by atoms with Gasteiger partial charge in [-0.1, -0.05) is 22.9 Å². The molecule has 2 aromatic heterocycles. The van der Waals surface area contributed by atoms with Crippen LogP contribution in [0.1, 0.15) is 32.6 Å². The van der Waals surface area contributed by atoms with Gasteiger partial charge in [0.15, 0.2) is 10.9 Å². The van der Waals surface area contributed by atoms with Gasteiger partial charge in [0.1, 0.15) is 5.56 Å². The average molecular weight is 376 g/mol. The molecule has 0 fully saturated rings. The lowest BCUT2D eigenvalue weighted by atomic mass is 10.1. The number of carbonyl (C=O) groups is 2. The van der Waals surface area contributed by atoms with E-state index in [1.54, 1.807) is 30.7 Å². The van der Waals surface area contributed by atoms with Gasteiger partial charge < -0.3 is 4.57 Å². The molecule has 1 aromatic carbocycles. The molecule has 0 aliphatic rings. The Morgan fingerprint density at radius 3 is 2.68 bits per heavy atom. The third-order valence-corrected chi connectivity index (χ3v) is 5.14. The van der Waals surface area contributed by atoms with Crippen LogP contribution in [0.15, 0.2) is 29.2 Å². The van der Waals surface area contributed by atoms with E-state index in [9.17, 15) is 14.4 Å². The molecule has 1 N–H and O–H groups in total. The minimum atomic E-state index is -0.577. The molecule has 0 aliphatic carbocycles. The third kappa shape index (κ3) is 3.20. The van der Waals surface area contributed by atoms with Crippen LogP contribution in [0, 0.1) is 6.92 Å². The topological polar surface area (TPSA) is 81.1 Å². The molecule has 3 rings (SSSR count). The number of fused-ring (bicyclic) bond motifs is 1. The van der Waals surface area contributed by atoms with Gasteiger partial charge in [0, 0.05) is 30.6 Å². The number of aromatic nitrogens is 2. The summed E-state index contributed by atoms with van der Waals surface area (Å²) in [6, 6.07) is 4.95. The third-order valence-electron chi connectivity index (χ3n) is 3.73. The van der Waals surface area contributed by atoms with Crippen LogP contribution in [-0.2, 0) is 7.05 Å². The Labute approximate surface area is 152 Å². The van der Waals surface area contributed by atoms with Crippen molar-refractivity contribution in [3.63, 3.8) is 0 Å². The fourth-order valence-corrected chi connectivity index (χ4v) is 3.60. The fourth-order valence-electron chi connectivity index (χ4n) is 2.57. The van der Waals surface area contributed by atoms with Gasteiger partial charge in [-0.15, -0.1) is 0 Å². The van der Waals surface area contributed by atoms with E-state index in [-0.39, 0.29) is 16.5 Å². The highest BCUT2D eigenvalue weighted by Crippen LogP contribution is 2.23. The van der Waals surface area contributed by atoms with E-state index in [4.69, 9.17) is 11.6 Å². The number of Topliss-reactive ketones (excluding diaryl/α,β-unsaturated/α-hetero) is 1. The molecule has 3 aromatic rings. The van der Waals surface area contributed by atoms with Crippen molar-refractivity contribution >= 4 is 50.7 Å². The molecule has 6 nitrogen and oxygen atoms in total. The van der Waals surface area contributed by atoms with Crippen molar-refractivity contribution in [3.8, 4) is 0 Å². The molecular weight excluding hydrogens is 362 g/mol. The first-order valence-electron chi connectivity index (χ1n) is 7.36. The van der Waals surface area contributed by atoms with Crippen molar-refractivity contribution in [2.24, 2.45) is 7.05 Å². The molecule has 0 saturated heterocycles. The summed E-state index contributed by atoms with van der Waals surface area (Å²) < 4.78 is 1.69. The molecule has 25 heavy (non-hydrogen) atoms. The second-order valence-corrected chi connectivity index (χ2v) is 7.02. The largest absolute Gasteiger partial charge is 0.350 e. The number of hydrogen-bond donors (Lipinski definition) is 1. The molecule has 128 valence electrons. The standard InChI is InChI=1S/C17H14ClN3O3S/c1-8-15(9(2)22)25-17(19-8)20-16(24)12-7-21(3)13-5-4-10(18)6-11(13)14(12)23/h4-7H,1-3H3,(H,19,20,24). The highest BCUT2D eigenvalue weighted by atomic mass is 35.5. The Morgan fingerprint density at radius 1 is 1.32 bits per heavy atom. The quantitative estimate of drug-likeness (QED) is 0.711. The van der Waals surface area contributed by atoms with Crippen molar-refractivity contribution in [2.75, 3.05) is 5.32 Å². The van der Waals surface area contributed by atoms with E-state index >= 15 is 0 Å². The number of hydrogen-bond acceptors (Lipinski definition) is 5.